The summed E-state index contributed by atoms with van der Waals surface area (Å²) in [7, 11) is 1.69. The Balaban J connectivity index is 1.49. The molecule has 1 aromatic carbocycles. The van der Waals surface area contributed by atoms with E-state index in [1.54, 1.807) is 25.4 Å². The molecule has 0 atom stereocenters. The summed E-state index contributed by atoms with van der Waals surface area (Å²) in [5, 5.41) is 2.97. The van der Waals surface area contributed by atoms with Crippen molar-refractivity contribution in [1.29, 1.82) is 0 Å². The fourth-order valence-corrected chi connectivity index (χ4v) is 4.86. The van der Waals surface area contributed by atoms with Gasteiger partial charge in [-0.2, -0.15) is 0 Å². The fourth-order valence-electron chi connectivity index (χ4n) is 3.62. The first-order chi connectivity index (χ1) is 15.5. The van der Waals surface area contributed by atoms with Crippen molar-refractivity contribution in [2.75, 3.05) is 19.2 Å². The minimum absolute atomic E-state index is 0.186. The number of amides is 1. The molecule has 0 spiro atoms. The number of anilines is 1. The summed E-state index contributed by atoms with van der Waals surface area (Å²) < 4.78 is 12.7. The lowest BCUT2D eigenvalue weighted by molar-refractivity contribution is -0.122. The molecule has 2 aromatic heterocycles. The van der Waals surface area contributed by atoms with E-state index in [1.165, 1.54) is 21.1 Å². The number of thioether (sulfide) groups is 1. The maximum atomic E-state index is 13.2. The highest BCUT2D eigenvalue weighted by atomic mass is 32.2. The molecule has 3 aromatic rings. The van der Waals surface area contributed by atoms with Crippen molar-refractivity contribution < 1.29 is 14.3 Å². The van der Waals surface area contributed by atoms with E-state index >= 15 is 0 Å². The number of nitrogens with zero attached hydrogens (tertiary/aromatic N) is 3. The van der Waals surface area contributed by atoms with Crippen LogP contribution in [0.15, 0.2) is 46.2 Å². The topological polar surface area (TPSA) is 85.2 Å². The summed E-state index contributed by atoms with van der Waals surface area (Å²) in [5.74, 6) is 1.48. The minimum atomic E-state index is -0.260. The van der Waals surface area contributed by atoms with Crippen molar-refractivity contribution in [1.82, 2.24) is 14.3 Å². The van der Waals surface area contributed by atoms with Crippen molar-refractivity contribution >= 4 is 51.7 Å². The van der Waals surface area contributed by atoms with E-state index in [4.69, 9.17) is 21.7 Å². The van der Waals surface area contributed by atoms with Crippen LogP contribution >= 0.6 is 24.0 Å². The number of hydrogen-bond donors (Lipinski definition) is 1. The van der Waals surface area contributed by atoms with E-state index in [1.807, 2.05) is 31.2 Å². The number of benzene rings is 1. The zero-order valence-corrected chi connectivity index (χ0v) is 18.9. The monoisotopic (exact) mass is 466 g/mol. The molecule has 1 N–H and O–H groups in total. The van der Waals surface area contributed by atoms with E-state index in [2.05, 4.69) is 10.3 Å². The predicted octanol–water partition coefficient (Wildman–Crippen LogP) is 3.17. The van der Waals surface area contributed by atoms with Crippen molar-refractivity contribution in [3.8, 4) is 11.5 Å². The Labute approximate surface area is 192 Å². The van der Waals surface area contributed by atoms with Gasteiger partial charge in [-0.1, -0.05) is 36.1 Å². The standard InChI is InChI=1S/C22H18N4O4S2/c1-12-4-3-7-25-19(12)24-18(23-2)14(20(25)27)9-17-21(28)26(22(31)32-17)10-13-5-6-15-16(8-13)30-11-29-15/h3-9,23H,10-11H2,1-2H3/b17-9-. The van der Waals surface area contributed by atoms with Crippen LogP contribution in [0.3, 0.4) is 0 Å². The van der Waals surface area contributed by atoms with Gasteiger partial charge in [-0.3, -0.25) is 18.9 Å². The highest BCUT2D eigenvalue weighted by Gasteiger charge is 2.33. The van der Waals surface area contributed by atoms with Crippen molar-refractivity contribution in [3.63, 3.8) is 0 Å². The van der Waals surface area contributed by atoms with Gasteiger partial charge in [-0.05, 0) is 42.3 Å². The Morgan fingerprint density at radius 2 is 2.06 bits per heavy atom. The van der Waals surface area contributed by atoms with Gasteiger partial charge in [0.15, 0.2) is 11.5 Å². The van der Waals surface area contributed by atoms with Gasteiger partial charge in [0.25, 0.3) is 11.5 Å². The average Bonchev–Trinajstić information content (AvgIpc) is 3.35. The molecule has 2 aliphatic rings. The maximum Gasteiger partial charge on any atom is 0.267 e. The summed E-state index contributed by atoms with van der Waals surface area (Å²) in [4.78, 5) is 32.8. The van der Waals surface area contributed by atoms with Crippen molar-refractivity contribution in [2.45, 2.75) is 13.5 Å². The van der Waals surface area contributed by atoms with E-state index in [9.17, 15) is 9.59 Å². The first kappa shape index (κ1) is 20.5. The molecule has 0 bridgehead atoms. The molecule has 0 saturated carbocycles. The summed E-state index contributed by atoms with van der Waals surface area (Å²) >= 11 is 6.62. The molecular weight excluding hydrogens is 448 g/mol. The van der Waals surface area contributed by atoms with Crippen LogP contribution in [0.25, 0.3) is 11.7 Å². The number of carbonyl (C=O) groups excluding carboxylic acids is 1. The molecule has 10 heteroatoms. The molecular formula is C22H18N4O4S2. The molecule has 1 saturated heterocycles. The van der Waals surface area contributed by atoms with Gasteiger partial charge in [-0.25, -0.2) is 4.98 Å². The number of nitrogens with one attached hydrogen (secondary N) is 1. The number of carbonyl (C=O) groups is 1. The molecule has 4 heterocycles. The van der Waals surface area contributed by atoms with Crippen LogP contribution in [0.2, 0.25) is 0 Å². The normalized spacial score (nSPS) is 16.4. The van der Waals surface area contributed by atoms with E-state index in [-0.39, 0.29) is 18.3 Å². The van der Waals surface area contributed by atoms with E-state index in [0.717, 1.165) is 11.1 Å². The van der Waals surface area contributed by atoms with E-state index < -0.39 is 0 Å². The molecule has 0 aliphatic carbocycles. The van der Waals surface area contributed by atoms with Crippen LogP contribution in [0.4, 0.5) is 5.82 Å². The second-order valence-electron chi connectivity index (χ2n) is 7.27. The third-order valence-electron chi connectivity index (χ3n) is 5.25. The number of pyridine rings is 1. The Hall–Kier alpha value is -3.37. The second-order valence-corrected chi connectivity index (χ2v) is 8.95. The molecule has 5 rings (SSSR count). The lowest BCUT2D eigenvalue weighted by atomic mass is 10.2. The Kier molecular flexibility index (Phi) is 5.10. The summed E-state index contributed by atoms with van der Waals surface area (Å²) in [5.41, 5.74) is 2.35. The molecule has 8 nitrogen and oxygen atoms in total. The molecule has 162 valence electrons. The third kappa shape index (κ3) is 3.41. The van der Waals surface area contributed by atoms with Crippen LogP contribution in [0.1, 0.15) is 16.7 Å². The van der Waals surface area contributed by atoms with Crippen LogP contribution in [0, 0.1) is 6.92 Å². The zero-order chi connectivity index (χ0) is 22.4. The number of hydrogen-bond acceptors (Lipinski definition) is 8. The van der Waals surface area contributed by atoms with Crippen molar-refractivity contribution in [3.05, 3.63) is 68.5 Å². The molecule has 0 radical (unpaired) electrons. The minimum Gasteiger partial charge on any atom is -0.454 e. The van der Waals surface area contributed by atoms with Crippen LogP contribution in [0.5, 0.6) is 11.5 Å². The van der Waals surface area contributed by atoms with Gasteiger partial charge in [-0.15, -0.1) is 0 Å². The third-order valence-corrected chi connectivity index (χ3v) is 6.63. The van der Waals surface area contributed by atoms with Gasteiger partial charge in [0, 0.05) is 13.2 Å². The van der Waals surface area contributed by atoms with Crippen LogP contribution in [-0.4, -0.2) is 38.4 Å². The smallest absolute Gasteiger partial charge is 0.267 e. The summed E-state index contributed by atoms with van der Waals surface area (Å²) in [6.45, 7) is 2.37. The fraction of sp³-hybridized carbons (Fsp3) is 0.182. The molecule has 1 amide bonds. The first-order valence-corrected chi connectivity index (χ1v) is 11.0. The molecule has 0 unspecified atom stereocenters. The average molecular weight is 467 g/mol. The number of aromatic nitrogens is 2. The second kappa shape index (κ2) is 7.95. The first-order valence-electron chi connectivity index (χ1n) is 9.80. The van der Waals surface area contributed by atoms with Gasteiger partial charge in [0.1, 0.15) is 15.8 Å². The van der Waals surface area contributed by atoms with Crippen LogP contribution in [-0.2, 0) is 11.3 Å². The van der Waals surface area contributed by atoms with Crippen molar-refractivity contribution in [2.24, 2.45) is 0 Å². The summed E-state index contributed by atoms with van der Waals surface area (Å²) in [6.07, 6.45) is 3.23. The highest BCUT2D eigenvalue weighted by molar-refractivity contribution is 8.26. The highest BCUT2D eigenvalue weighted by Crippen LogP contribution is 2.36. The lowest BCUT2D eigenvalue weighted by Gasteiger charge is -2.14. The van der Waals surface area contributed by atoms with Gasteiger partial charge in [0.05, 0.1) is 17.0 Å². The molecule has 1 fully saturated rings. The van der Waals surface area contributed by atoms with Crippen LogP contribution < -0.4 is 20.3 Å². The molecule has 2 aliphatic heterocycles. The summed E-state index contributed by atoms with van der Waals surface area (Å²) in [6, 6.07) is 9.21. The SMILES string of the molecule is CNc1nc2c(C)cccn2c(=O)c1/C=C1\SC(=S)N(Cc2ccc3c(c2)OCO3)C1=O. The Morgan fingerprint density at radius 1 is 1.25 bits per heavy atom. The Bertz CT molecular complexity index is 1380. The number of aryl methyl sites for hydroxylation is 1. The van der Waals surface area contributed by atoms with Gasteiger partial charge in [0.2, 0.25) is 6.79 Å². The Morgan fingerprint density at radius 3 is 2.88 bits per heavy atom. The predicted molar refractivity (Wildman–Crippen MR) is 127 cm³/mol. The van der Waals surface area contributed by atoms with Gasteiger partial charge < -0.3 is 14.8 Å². The zero-order valence-electron chi connectivity index (χ0n) is 17.2. The lowest BCUT2D eigenvalue weighted by Crippen LogP contribution is -2.27. The van der Waals surface area contributed by atoms with Gasteiger partial charge >= 0.3 is 0 Å². The quantitative estimate of drug-likeness (QED) is 0.464. The largest absolute Gasteiger partial charge is 0.454 e. The molecule has 32 heavy (non-hydrogen) atoms. The maximum absolute atomic E-state index is 13.2. The number of ether oxygens (including phenoxy) is 2. The number of fused-ring (bicyclic) bond motifs is 2. The number of rotatable bonds is 4. The van der Waals surface area contributed by atoms with E-state index in [0.29, 0.717) is 44.3 Å². The number of thiocarbonyl (C=S) groups is 1.